The first-order valence-electron chi connectivity index (χ1n) is 13.3. The third kappa shape index (κ3) is 6.80. The van der Waals surface area contributed by atoms with Gasteiger partial charge in [0.1, 0.15) is 17.5 Å². The van der Waals surface area contributed by atoms with Crippen molar-refractivity contribution in [3.63, 3.8) is 0 Å². The molecule has 4 heterocycles. The molecule has 5 rings (SSSR count). The first kappa shape index (κ1) is 31.9. The molecule has 2 saturated heterocycles. The molecule has 0 saturated carbocycles. The number of likely N-dealkylation sites (tertiary alicyclic amines) is 1. The second kappa shape index (κ2) is 12.7. The molecule has 2 atom stereocenters. The maximum Gasteiger partial charge on any atom is 2.00 e. The molecule has 14 heteroatoms. The molecule has 4 N–H and O–H groups in total. The Morgan fingerprint density at radius 2 is 1.90 bits per heavy atom. The Hall–Kier alpha value is -2.04. The number of nitrogens with zero attached hydrogens (tertiary/aromatic N) is 6. The van der Waals surface area contributed by atoms with Crippen LogP contribution in [0.5, 0.6) is 0 Å². The summed E-state index contributed by atoms with van der Waals surface area (Å²) in [5.74, 6) is 2.20. The van der Waals surface area contributed by atoms with E-state index in [4.69, 9.17) is 27.4 Å². The fourth-order valence-corrected chi connectivity index (χ4v) is 6.17. The van der Waals surface area contributed by atoms with Crippen LogP contribution in [0, 0.1) is 56.3 Å². The number of fused-ring (bicyclic) bond motifs is 1. The number of nitrogens with two attached hydrogens (primary N) is 1. The summed E-state index contributed by atoms with van der Waals surface area (Å²) in [5.41, 5.74) is 8.25. The standard InChI is InChI=1S/C27H36ClN9O2S.U/c1-5-34(6-2)26-13-24(35-15-19(29)16-35)31-25-12-22(32-37(25)26)23-10-7-17(3)14-36(23)27(30)20-11-18(28)8-9-21(20)33-40(4,38)39;/h8-9,11-13,17,19,23,30,33H,1-2,5-7,10,14-16,29H2,3-4H3;/q-2;+2/t17-,23-;/m0./s1. The fraction of sp³-hybridized carbons (Fsp3) is 0.444. The van der Waals surface area contributed by atoms with Gasteiger partial charge in [-0.3, -0.25) is 10.1 Å². The summed E-state index contributed by atoms with van der Waals surface area (Å²) >= 11 is 6.30. The Morgan fingerprint density at radius 3 is 2.54 bits per heavy atom. The Labute approximate surface area is 270 Å². The molecular formula is C27H36ClN9O2SU. The first-order chi connectivity index (χ1) is 19.0. The predicted molar refractivity (Wildman–Crippen MR) is 161 cm³/mol. The Balaban J connectivity index is 0.00000387. The van der Waals surface area contributed by atoms with Gasteiger partial charge < -0.3 is 34.3 Å². The van der Waals surface area contributed by atoms with Crippen molar-refractivity contribution in [2.75, 3.05) is 53.5 Å². The number of piperidine rings is 1. The van der Waals surface area contributed by atoms with E-state index in [1.807, 2.05) is 26.4 Å². The van der Waals surface area contributed by atoms with E-state index in [0.717, 1.165) is 49.5 Å². The van der Waals surface area contributed by atoms with Crippen molar-refractivity contribution in [3.8, 4) is 0 Å². The zero-order valence-corrected chi connectivity index (χ0v) is 29.1. The summed E-state index contributed by atoms with van der Waals surface area (Å²) in [5, 5.41) is 14.6. The molecule has 1 aromatic carbocycles. The van der Waals surface area contributed by atoms with E-state index in [1.165, 1.54) is 0 Å². The molecule has 2 aliphatic heterocycles. The summed E-state index contributed by atoms with van der Waals surface area (Å²) < 4.78 is 28.5. The first-order valence-corrected chi connectivity index (χ1v) is 15.6. The van der Waals surface area contributed by atoms with Crippen molar-refractivity contribution in [1.82, 2.24) is 19.5 Å². The van der Waals surface area contributed by atoms with Crippen LogP contribution in [-0.2, 0) is 10.0 Å². The largest absolute Gasteiger partial charge is 2.00 e. The fourth-order valence-electron chi connectivity index (χ4n) is 5.42. The number of halogens is 1. The van der Waals surface area contributed by atoms with Gasteiger partial charge in [-0.25, -0.2) is 13.4 Å². The molecule has 2 aliphatic rings. The second-order valence-electron chi connectivity index (χ2n) is 10.7. The molecule has 11 nitrogen and oxygen atoms in total. The maximum absolute atomic E-state index is 12.1. The summed E-state index contributed by atoms with van der Waals surface area (Å²) in [6, 6.07) is 8.73. The van der Waals surface area contributed by atoms with Crippen LogP contribution in [0.1, 0.15) is 37.1 Å². The second-order valence-corrected chi connectivity index (χ2v) is 12.9. The number of aromatic nitrogens is 3. The summed E-state index contributed by atoms with van der Waals surface area (Å²) in [6.45, 7) is 13.4. The average molecular weight is 824 g/mol. The number of hydrogen-bond acceptors (Lipinski definition) is 8. The van der Waals surface area contributed by atoms with Crippen LogP contribution in [-0.4, -0.2) is 78.8 Å². The number of rotatable bonds is 8. The van der Waals surface area contributed by atoms with E-state index in [-0.39, 0.29) is 49.0 Å². The molecule has 3 aromatic rings. The zero-order valence-electron chi connectivity index (χ0n) is 23.3. The molecule has 0 radical (unpaired) electrons. The Bertz CT molecular complexity index is 1520. The van der Waals surface area contributed by atoms with Crippen molar-refractivity contribution in [2.45, 2.75) is 31.8 Å². The minimum Gasteiger partial charge on any atom is -0.416 e. The van der Waals surface area contributed by atoms with Gasteiger partial charge in [-0.1, -0.05) is 18.5 Å². The molecule has 0 spiro atoms. The van der Waals surface area contributed by atoms with Crippen LogP contribution in [0.25, 0.3) is 5.65 Å². The van der Waals surface area contributed by atoms with Crippen LogP contribution in [0.15, 0.2) is 30.3 Å². The molecule has 2 aromatic heterocycles. The van der Waals surface area contributed by atoms with Gasteiger partial charge in [0.25, 0.3) is 0 Å². The number of sulfonamides is 1. The van der Waals surface area contributed by atoms with Crippen LogP contribution in [0.4, 0.5) is 17.3 Å². The monoisotopic (exact) mass is 823 g/mol. The molecule has 0 aliphatic carbocycles. The number of amidine groups is 1. The number of hydrogen-bond donors (Lipinski definition) is 3. The Morgan fingerprint density at radius 1 is 1.20 bits per heavy atom. The van der Waals surface area contributed by atoms with E-state index in [1.54, 1.807) is 18.2 Å². The van der Waals surface area contributed by atoms with Gasteiger partial charge in [0.05, 0.1) is 23.7 Å². The topological polar surface area (TPSA) is 136 Å². The van der Waals surface area contributed by atoms with Gasteiger partial charge in [-0.2, -0.15) is 9.61 Å². The van der Waals surface area contributed by atoms with Gasteiger partial charge in [-0.05, 0) is 37.0 Å². The van der Waals surface area contributed by atoms with Gasteiger partial charge in [0.15, 0.2) is 5.65 Å². The molecular weight excluding hydrogens is 788 g/mol. The minimum atomic E-state index is -3.56. The molecule has 2 fully saturated rings. The Kier molecular flexibility index (Phi) is 9.86. The molecule has 0 bridgehead atoms. The van der Waals surface area contributed by atoms with E-state index in [2.05, 4.69) is 30.4 Å². The van der Waals surface area contributed by atoms with E-state index in [9.17, 15) is 13.8 Å². The van der Waals surface area contributed by atoms with Crippen molar-refractivity contribution < 1.29 is 39.5 Å². The number of nitrogens with one attached hydrogen (secondary N) is 2. The average Bonchev–Trinajstić information content (AvgIpc) is 3.31. The zero-order chi connectivity index (χ0) is 28.8. The van der Waals surface area contributed by atoms with Crippen molar-refractivity contribution in [2.24, 2.45) is 11.7 Å². The third-order valence-electron chi connectivity index (χ3n) is 7.49. The minimum absolute atomic E-state index is 0. The van der Waals surface area contributed by atoms with Crippen LogP contribution in [0.2, 0.25) is 5.02 Å². The third-order valence-corrected chi connectivity index (χ3v) is 8.32. The van der Waals surface area contributed by atoms with Crippen molar-refractivity contribution in [1.29, 1.82) is 5.41 Å². The molecule has 41 heavy (non-hydrogen) atoms. The smallest absolute Gasteiger partial charge is 0.416 e. The van der Waals surface area contributed by atoms with Gasteiger partial charge in [0.2, 0.25) is 10.0 Å². The summed E-state index contributed by atoms with van der Waals surface area (Å²) in [6.07, 6.45) is 2.83. The van der Waals surface area contributed by atoms with Gasteiger partial charge >= 0.3 is 31.1 Å². The summed E-state index contributed by atoms with van der Waals surface area (Å²) in [7, 11) is -3.56. The predicted octanol–water partition coefficient (Wildman–Crippen LogP) is 3.17. The van der Waals surface area contributed by atoms with Gasteiger partial charge in [-0.15, -0.1) is 13.1 Å². The normalized spacial score (nSPS) is 19.6. The number of benzene rings is 1. The van der Waals surface area contributed by atoms with Crippen molar-refractivity contribution >= 4 is 50.4 Å². The SMILES string of the molecule is [CH2-]CN(C[CH2-])c1cc(N2CC(N)C2)nc2cc([C@@H]3CC[C@H](C)CN3C(=N)c3cc(Cl)ccc3NS(C)(=O)=O)nn12.[U+2]. The van der Waals surface area contributed by atoms with Gasteiger partial charge in [0, 0.05) is 48.4 Å². The van der Waals surface area contributed by atoms with E-state index >= 15 is 0 Å². The van der Waals surface area contributed by atoms with Crippen LogP contribution < -0.4 is 20.3 Å². The van der Waals surface area contributed by atoms with E-state index < -0.39 is 10.0 Å². The molecule has 0 amide bonds. The van der Waals surface area contributed by atoms with Crippen molar-refractivity contribution in [3.05, 3.63) is 60.5 Å². The maximum atomic E-state index is 12.1. The molecule has 0 unspecified atom stereocenters. The molecule has 218 valence electrons. The van der Waals surface area contributed by atoms with E-state index in [0.29, 0.717) is 47.5 Å². The number of anilines is 3. The van der Waals surface area contributed by atoms with Crippen LogP contribution in [0.3, 0.4) is 0 Å². The quantitative estimate of drug-likeness (QED) is 0.179. The summed E-state index contributed by atoms with van der Waals surface area (Å²) in [4.78, 5) is 11.1. The van der Waals surface area contributed by atoms with Crippen LogP contribution >= 0.6 is 11.6 Å².